The van der Waals surface area contributed by atoms with E-state index in [2.05, 4.69) is 15.4 Å². The Kier molecular flexibility index (Phi) is 12.3. The molecule has 0 radical (unpaired) electrons. The third kappa shape index (κ3) is 10.8. The lowest BCUT2D eigenvalue weighted by molar-refractivity contribution is -0.121. The number of ether oxygens (including phenoxy) is 2. The standard InChI is InChI=1S/C17H20N4O.C11H15N3O3/c18-17(21-19)15-8-4-7-14(11-15)12-20-16(22)10-9-13-5-2-1-3-6-13;1-16-8-4-3-7(5-9(8)17-2)6-10(15)14-11(12)13/h1-8,11H,9-10,12,19H2,(H2,18,21)(H,20,22);3-5H,6H2,1-2H3,(H4,12,13,14,15). The van der Waals surface area contributed by atoms with Crippen molar-refractivity contribution in [2.24, 2.45) is 33.1 Å². The number of nitrogens with zero attached hydrogens (tertiary/aromatic N) is 2. The summed E-state index contributed by atoms with van der Waals surface area (Å²) in [6.07, 6.45) is 1.31. The highest BCUT2D eigenvalue weighted by Crippen LogP contribution is 2.27. The fourth-order valence-electron chi connectivity index (χ4n) is 3.46. The molecule has 0 heterocycles. The number of rotatable bonds is 10. The van der Waals surface area contributed by atoms with Crippen molar-refractivity contribution in [3.63, 3.8) is 0 Å². The minimum atomic E-state index is -0.405. The number of hydrogen-bond donors (Lipinski definition) is 5. The summed E-state index contributed by atoms with van der Waals surface area (Å²) < 4.78 is 10.2. The number of aryl methyl sites for hydroxylation is 1. The van der Waals surface area contributed by atoms with E-state index in [4.69, 9.17) is 32.5 Å². The molecule has 0 saturated carbocycles. The van der Waals surface area contributed by atoms with Gasteiger partial charge in [0.25, 0.3) is 5.91 Å². The van der Waals surface area contributed by atoms with Crippen molar-refractivity contribution in [3.05, 3.63) is 95.1 Å². The van der Waals surface area contributed by atoms with Gasteiger partial charge in [0.05, 0.1) is 20.6 Å². The molecule has 0 fully saturated rings. The first-order chi connectivity index (χ1) is 18.7. The van der Waals surface area contributed by atoms with E-state index in [1.807, 2.05) is 54.6 Å². The zero-order valence-corrected chi connectivity index (χ0v) is 22.1. The predicted molar refractivity (Wildman–Crippen MR) is 152 cm³/mol. The second kappa shape index (κ2) is 15.9. The normalized spacial score (nSPS) is 10.5. The summed E-state index contributed by atoms with van der Waals surface area (Å²) in [5, 5.41) is 6.37. The molecule has 3 aromatic rings. The summed E-state index contributed by atoms with van der Waals surface area (Å²) in [4.78, 5) is 26.7. The topological polar surface area (TPSA) is 193 Å². The molecule has 0 spiro atoms. The molecule has 0 aliphatic rings. The summed E-state index contributed by atoms with van der Waals surface area (Å²) >= 11 is 0. The van der Waals surface area contributed by atoms with E-state index < -0.39 is 5.91 Å². The van der Waals surface area contributed by atoms with Crippen molar-refractivity contribution in [2.75, 3.05) is 14.2 Å². The quantitative estimate of drug-likeness (QED) is 0.112. The van der Waals surface area contributed by atoms with Crippen molar-refractivity contribution >= 4 is 23.6 Å². The number of amides is 2. The Balaban J connectivity index is 0.000000283. The number of carbonyl (C=O) groups is 2. The van der Waals surface area contributed by atoms with Crippen LogP contribution in [-0.2, 0) is 29.0 Å². The Labute approximate surface area is 227 Å². The number of nitrogens with two attached hydrogens (primary N) is 4. The van der Waals surface area contributed by atoms with E-state index in [1.54, 1.807) is 25.3 Å². The maximum Gasteiger partial charge on any atom is 0.253 e. The Morgan fingerprint density at radius 3 is 2.15 bits per heavy atom. The average molecular weight is 534 g/mol. The second-order valence-electron chi connectivity index (χ2n) is 8.27. The molecule has 0 unspecified atom stereocenters. The summed E-state index contributed by atoms with van der Waals surface area (Å²) in [6, 6.07) is 22.6. The molecule has 11 nitrogen and oxygen atoms in total. The molecule has 39 heavy (non-hydrogen) atoms. The molecule has 11 heteroatoms. The van der Waals surface area contributed by atoms with Crippen molar-refractivity contribution in [3.8, 4) is 11.5 Å². The molecule has 3 aromatic carbocycles. The molecule has 0 aliphatic heterocycles. The highest BCUT2D eigenvalue weighted by molar-refractivity contribution is 5.97. The molecule has 0 aromatic heterocycles. The van der Waals surface area contributed by atoms with Crippen LogP contribution in [0.2, 0.25) is 0 Å². The highest BCUT2D eigenvalue weighted by Gasteiger charge is 2.08. The van der Waals surface area contributed by atoms with Crippen LogP contribution in [0, 0.1) is 0 Å². The maximum atomic E-state index is 11.9. The number of benzene rings is 3. The van der Waals surface area contributed by atoms with Crippen LogP contribution in [-0.4, -0.2) is 37.8 Å². The molecule has 0 bridgehead atoms. The Hall–Kier alpha value is -5.06. The lowest BCUT2D eigenvalue weighted by atomic mass is 10.1. The molecule has 206 valence electrons. The molecule has 0 atom stereocenters. The van der Waals surface area contributed by atoms with Gasteiger partial charge in [-0.25, -0.2) is 0 Å². The second-order valence-corrected chi connectivity index (χ2v) is 8.27. The predicted octanol–water partition coefficient (Wildman–Crippen LogP) is 1.56. The first-order valence-corrected chi connectivity index (χ1v) is 12.0. The van der Waals surface area contributed by atoms with E-state index in [0.29, 0.717) is 24.5 Å². The number of guanidine groups is 1. The van der Waals surface area contributed by atoms with Gasteiger partial charge in [0.1, 0.15) is 5.84 Å². The van der Waals surface area contributed by atoms with Crippen LogP contribution < -0.4 is 37.8 Å². The zero-order chi connectivity index (χ0) is 28.6. The fourth-order valence-corrected chi connectivity index (χ4v) is 3.46. The van der Waals surface area contributed by atoms with Gasteiger partial charge in [0.2, 0.25) is 5.91 Å². The van der Waals surface area contributed by atoms with Crippen LogP contribution in [0.4, 0.5) is 0 Å². The van der Waals surface area contributed by atoms with E-state index in [9.17, 15) is 9.59 Å². The molecule has 0 aliphatic carbocycles. The summed E-state index contributed by atoms with van der Waals surface area (Å²) in [6.45, 7) is 0.458. The van der Waals surface area contributed by atoms with Gasteiger partial charge in [0, 0.05) is 18.5 Å². The molecule has 9 N–H and O–H groups in total. The number of methoxy groups -OCH3 is 2. The van der Waals surface area contributed by atoms with Crippen molar-refractivity contribution < 1.29 is 19.1 Å². The lowest BCUT2D eigenvalue weighted by Gasteiger charge is -2.08. The van der Waals surface area contributed by atoms with Crippen LogP contribution in [0.5, 0.6) is 11.5 Å². The van der Waals surface area contributed by atoms with Crippen LogP contribution in [0.15, 0.2) is 82.9 Å². The van der Waals surface area contributed by atoms with Crippen molar-refractivity contribution in [1.82, 2.24) is 5.32 Å². The minimum Gasteiger partial charge on any atom is -0.493 e. The number of amidine groups is 1. The van der Waals surface area contributed by atoms with E-state index >= 15 is 0 Å². The first kappa shape index (κ1) is 30.2. The van der Waals surface area contributed by atoms with Crippen LogP contribution in [0.3, 0.4) is 0 Å². The van der Waals surface area contributed by atoms with E-state index in [0.717, 1.165) is 28.7 Å². The van der Waals surface area contributed by atoms with Crippen molar-refractivity contribution in [2.45, 2.75) is 25.8 Å². The fraction of sp³-hybridized carbons (Fsp3) is 0.214. The summed E-state index contributed by atoms with van der Waals surface area (Å²) in [5.41, 5.74) is 19.5. The molecular formula is C28H35N7O4. The first-order valence-electron chi connectivity index (χ1n) is 12.0. The van der Waals surface area contributed by atoms with Gasteiger partial charge >= 0.3 is 0 Å². The summed E-state index contributed by atoms with van der Waals surface area (Å²) in [5.74, 6) is 5.98. The minimum absolute atomic E-state index is 0.0229. The highest BCUT2D eigenvalue weighted by atomic mass is 16.5. The summed E-state index contributed by atoms with van der Waals surface area (Å²) in [7, 11) is 3.07. The number of carbonyl (C=O) groups excluding carboxylic acids is 2. The molecular weight excluding hydrogens is 498 g/mol. The third-order valence-electron chi connectivity index (χ3n) is 5.39. The number of nitrogens with one attached hydrogen (secondary N) is 1. The Morgan fingerprint density at radius 1 is 0.821 bits per heavy atom. The van der Waals surface area contributed by atoms with Gasteiger partial charge in [-0.15, -0.1) is 0 Å². The maximum absolute atomic E-state index is 11.9. The molecule has 2 amide bonds. The van der Waals surface area contributed by atoms with Gasteiger partial charge in [0.15, 0.2) is 17.5 Å². The van der Waals surface area contributed by atoms with Crippen LogP contribution >= 0.6 is 0 Å². The SMILES string of the molecule is COc1ccc(CC(=O)N=C(N)N)cc1OC.N/N=C(\N)c1cccc(CNC(=O)CCc2ccccc2)c1. The number of hydrogen-bond acceptors (Lipinski definition) is 6. The van der Waals surface area contributed by atoms with E-state index in [1.165, 1.54) is 7.11 Å². The third-order valence-corrected chi connectivity index (χ3v) is 5.39. The van der Waals surface area contributed by atoms with Crippen molar-refractivity contribution in [1.29, 1.82) is 0 Å². The largest absolute Gasteiger partial charge is 0.493 e. The lowest BCUT2D eigenvalue weighted by Crippen LogP contribution is -2.24. The molecule has 0 saturated heterocycles. The monoisotopic (exact) mass is 533 g/mol. The van der Waals surface area contributed by atoms with Crippen LogP contribution in [0.25, 0.3) is 0 Å². The van der Waals surface area contributed by atoms with Gasteiger partial charge in [-0.2, -0.15) is 10.1 Å². The average Bonchev–Trinajstić information content (AvgIpc) is 2.95. The Morgan fingerprint density at radius 2 is 1.51 bits per heavy atom. The smallest absolute Gasteiger partial charge is 0.253 e. The molecule has 3 rings (SSSR count). The van der Waals surface area contributed by atoms with Gasteiger partial charge in [-0.05, 0) is 41.3 Å². The van der Waals surface area contributed by atoms with Crippen LogP contribution in [0.1, 0.15) is 28.7 Å². The van der Waals surface area contributed by atoms with Gasteiger partial charge in [-0.1, -0.05) is 54.6 Å². The number of hydrazone groups is 1. The Bertz CT molecular complexity index is 1290. The van der Waals surface area contributed by atoms with Gasteiger partial charge < -0.3 is 37.8 Å². The number of aliphatic imine (C=N–C) groups is 1. The zero-order valence-electron chi connectivity index (χ0n) is 22.1. The van der Waals surface area contributed by atoms with E-state index in [-0.39, 0.29) is 24.1 Å². The van der Waals surface area contributed by atoms with Gasteiger partial charge in [-0.3, -0.25) is 9.59 Å².